The zero-order valence-electron chi connectivity index (χ0n) is 13.8. The van der Waals surface area contributed by atoms with Crippen molar-refractivity contribution in [2.75, 3.05) is 6.54 Å². The van der Waals surface area contributed by atoms with Crippen LogP contribution in [0.15, 0.2) is 10.5 Å². The molecule has 0 saturated heterocycles. The standard InChI is InChI=1S/C18H30N2O/c1-13(2)8-9-20(16-6-7-16)12-17-10-14(3)18(21-17)11-19-15-4-5-15/h10,13,15-16,19H,4-9,11-12H2,1-3H3. The molecule has 2 fully saturated rings. The second-order valence-electron chi connectivity index (χ2n) is 7.36. The van der Waals surface area contributed by atoms with E-state index in [0.717, 1.165) is 42.6 Å². The van der Waals surface area contributed by atoms with E-state index in [0.29, 0.717) is 0 Å². The molecule has 0 bridgehead atoms. The van der Waals surface area contributed by atoms with Gasteiger partial charge in [0.05, 0.1) is 13.1 Å². The van der Waals surface area contributed by atoms with Crippen molar-refractivity contribution >= 4 is 0 Å². The fraction of sp³-hybridized carbons (Fsp3) is 0.778. The summed E-state index contributed by atoms with van der Waals surface area (Å²) in [5, 5.41) is 3.55. The Balaban J connectivity index is 1.55. The predicted octanol–water partition coefficient (Wildman–Crippen LogP) is 3.85. The highest BCUT2D eigenvalue weighted by molar-refractivity contribution is 5.20. The number of hydrogen-bond donors (Lipinski definition) is 1. The minimum Gasteiger partial charge on any atom is -0.463 e. The quantitative estimate of drug-likeness (QED) is 0.749. The SMILES string of the molecule is Cc1cc(CN(CCC(C)C)C2CC2)oc1CNC1CC1. The fourth-order valence-corrected chi connectivity index (χ4v) is 2.82. The maximum atomic E-state index is 6.10. The molecule has 0 amide bonds. The zero-order valence-corrected chi connectivity index (χ0v) is 13.8. The minimum atomic E-state index is 0.743. The summed E-state index contributed by atoms with van der Waals surface area (Å²) in [6, 6.07) is 3.79. The summed E-state index contributed by atoms with van der Waals surface area (Å²) < 4.78 is 6.10. The van der Waals surface area contributed by atoms with Gasteiger partial charge in [0, 0.05) is 12.1 Å². The second kappa shape index (κ2) is 6.53. The van der Waals surface area contributed by atoms with Crippen molar-refractivity contribution in [3.8, 4) is 0 Å². The van der Waals surface area contributed by atoms with Crippen molar-refractivity contribution in [2.45, 2.75) is 78.0 Å². The average molecular weight is 290 g/mol. The maximum absolute atomic E-state index is 6.10. The van der Waals surface area contributed by atoms with E-state index in [1.807, 2.05) is 0 Å². The Bertz CT molecular complexity index is 458. The first-order valence-electron chi connectivity index (χ1n) is 8.67. The molecular formula is C18H30N2O. The average Bonchev–Trinajstić information content (AvgIpc) is 3.32. The summed E-state index contributed by atoms with van der Waals surface area (Å²) in [4.78, 5) is 2.62. The lowest BCUT2D eigenvalue weighted by Gasteiger charge is -2.21. The number of hydrogen-bond acceptors (Lipinski definition) is 3. The van der Waals surface area contributed by atoms with Gasteiger partial charge in [-0.2, -0.15) is 0 Å². The summed E-state index contributed by atoms with van der Waals surface area (Å²) in [5.41, 5.74) is 1.30. The molecule has 1 aromatic rings. The van der Waals surface area contributed by atoms with Crippen LogP contribution in [0.1, 0.15) is 63.0 Å². The summed E-state index contributed by atoms with van der Waals surface area (Å²) in [6.07, 6.45) is 6.68. The smallest absolute Gasteiger partial charge is 0.120 e. The molecule has 0 aromatic carbocycles. The van der Waals surface area contributed by atoms with Gasteiger partial charge in [0.25, 0.3) is 0 Å². The van der Waals surface area contributed by atoms with Crippen molar-refractivity contribution in [2.24, 2.45) is 5.92 Å². The lowest BCUT2D eigenvalue weighted by molar-refractivity contribution is 0.219. The van der Waals surface area contributed by atoms with Crippen molar-refractivity contribution in [1.82, 2.24) is 10.2 Å². The summed E-state index contributed by atoms with van der Waals surface area (Å²) in [6.45, 7) is 9.88. The van der Waals surface area contributed by atoms with Gasteiger partial charge in [-0.25, -0.2) is 0 Å². The van der Waals surface area contributed by atoms with Crippen LogP contribution in [-0.2, 0) is 13.1 Å². The molecule has 3 rings (SSSR count). The Morgan fingerprint density at radius 2 is 2.05 bits per heavy atom. The molecule has 2 saturated carbocycles. The van der Waals surface area contributed by atoms with Crippen LogP contribution in [0.5, 0.6) is 0 Å². The molecule has 3 nitrogen and oxygen atoms in total. The van der Waals surface area contributed by atoms with Crippen LogP contribution in [0.25, 0.3) is 0 Å². The summed E-state index contributed by atoms with van der Waals surface area (Å²) in [5.74, 6) is 3.06. The van der Waals surface area contributed by atoms with Crippen molar-refractivity contribution in [1.29, 1.82) is 0 Å². The first-order valence-corrected chi connectivity index (χ1v) is 8.67. The fourth-order valence-electron chi connectivity index (χ4n) is 2.82. The third kappa shape index (κ3) is 4.58. The second-order valence-corrected chi connectivity index (χ2v) is 7.36. The van der Waals surface area contributed by atoms with E-state index in [1.54, 1.807) is 0 Å². The Kier molecular flexibility index (Phi) is 4.70. The summed E-state index contributed by atoms with van der Waals surface area (Å²) >= 11 is 0. The van der Waals surface area contributed by atoms with Gasteiger partial charge in [0.1, 0.15) is 11.5 Å². The molecule has 21 heavy (non-hydrogen) atoms. The number of nitrogens with one attached hydrogen (secondary N) is 1. The van der Waals surface area contributed by atoms with Gasteiger partial charge < -0.3 is 9.73 Å². The molecule has 3 heteroatoms. The van der Waals surface area contributed by atoms with Gasteiger partial charge in [0.15, 0.2) is 0 Å². The molecule has 1 heterocycles. The Labute approximate surface area is 129 Å². The molecule has 1 N–H and O–H groups in total. The molecule has 0 aliphatic heterocycles. The van der Waals surface area contributed by atoms with Crippen molar-refractivity contribution in [3.63, 3.8) is 0 Å². The predicted molar refractivity (Wildman–Crippen MR) is 86.2 cm³/mol. The van der Waals surface area contributed by atoms with Crippen molar-refractivity contribution < 1.29 is 4.42 Å². The van der Waals surface area contributed by atoms with Gasteiger partial charge in [-0.3, -0.25) is 4.90 Å². The zero-order chi connectivity index (χ0) is 14.8. The van der Waals surface area contributed by atoms with E-state index in [9.17, 15) is 0 Å². The third-order valence-corrected chi connectivity index (χ3v) is 4.62. The summed E-state index contributed by atoms with van der Waals surface area (Å²) in [7, 11) is 0. The van der Waals surface area contributed by atoms with Crippen molar-refractivity contribution in [3.05, 3.63) is 23.2 Å². The normalized spacial score (nSPS) is 18.9. The molecule has 0 atom stereocenters. The molecule has 0 radical (unpaired) electrons. The van der Waals surface area contributed by atoms with Crippen LogP contribution in [0.2, 0.25) is 0 Å². The van der Waals surface area contributed by atoms with Gasteiger partial charge >= 0.3 is 0 Å². The van der Waals surface area contributed by atoms with E-state index >= 15 is 0 Å². The highest BCUT2D eigenvalue weighted by Crippen LogP contribution is 2.30. The van der Waals surface area contributed by atoms with Gasteiger partial charge in [-0.1, -0.05) is 13.8 Å². The molecule has 0 spiro atoms. The van der Waals surface area contributed by atoms with E-state index in [2.05, 4.69) is 37.1 Å². The van der Waals surface area contributed by atoms with Gasteiger partial charge in [-0.05, 0) is 63.1 Å². The molecule has 0 unspecified atom stereocenters. The Hall–Kier alpha value is -0.800. The lowest BCUT2D eigenvalue weighted by Crippen LogP contribution is -2.27. The monoisotopic (exact) mass is 290 g/mol. The highest BCUT2D eigenvalue weighted by atomic mass is 16.3. The lowest BCUT2D eigenvalue weighted by atomic mass is 10.1. The molecule has 118 valence electrons. The molecule has 1 aromatic heterocycles. The molecule has 2 aliphatic rings. The number of furan rings is 1. The van der Waals surface area contributed by atoms with Gasteiger partial charge in [-0.15, -0.1) is 0 Å². The van der Waals surface area contributed by atoms with E-state index in [4.69, 9.17) is 4.42 Å². The van der Waals surface area contributed by atoms with Crippen LogP contribution in [0, 0.1) is 12.8 Å². The van der Waals surface area contributed by atoms with E-state index < -0.39 is 0 Å². The van der Waals surface area contributed by atoms with E-state index in [-0.39, 0.29) is 0 Å². The first-order chi connectivity index (χ1) is 10.1. The van der Waals surface area contributed by atoms with Crippen LogP contribution in [0.4, 0.5) is 0 Å². The number of aryl methyl sites for hydroxylation is 1. The van der Waals surface area contributed by atoms with Crippen LogP contribution < -0.4 is 5.32 Å². The van der Waals surface area contributed by atoms with Crippen LogP contribution in [0.3, 0.4) is 0 Å². The van der Waals surface area contributed by atoms with E-state index in [1.165, 1.54) is 44.2 Å². The largest absolute Gasteiger partial charge is 0.463 e. The highest BCUT2D eigenvalue weighted by Gasteiger charge is 2.29. The first kappa shape index (κ1) is 15.1. The molecular weight excluding hydrogens is 260 g/mol. The Morgan fingerprint density at radius 1 is 1.29 bits per heavy atom. The topological polar surface area (TPSA) is 28.4 Å². The minimum absolute atomic E-state index is 0.743. The number of rotatable bonds is 9. The van der Waals surface area contributed by atoms with Crippen LogP contribution in [-0.4, -0.2) is 23.5 Å². The molecule has 2 aliphatic carbocycles. The number of nitrogens with zero attached hydrogens (tertiary/aromatic N) is 1. The van der Waals surface area contributed by atoms with Crippen LogP contribution >= 0.6 is 0 Å². The van der Waals surface area contributed by atoms with Gasteiger partial charge in [0.2, 0.25) is 0 Å². The Morgan fingerprint density at radius 3 is 2.67 bits per heavy atom. The third-order valence-electron chi connectivity index (χ3n) is 4.62. The maximum Gasteiger partial charge on any atom is 0.120 e.